The van der Waals surface area contributed by atoms with Crippen LogP contribution in [0.3, 0.4) is 0 Å². The van der Waals surface area contributed by atoms with E-state index in [0.29, 0.717) is 12.1 Å². The first-order chi connectivity index (χ1) is 12.9. The van der Waals surface area contributed by atoms with Gasteiger partial charge in [-0.15, -0.1) is 0 Å². The Labute approximate surface area is 160 Å². The SMILES string of the molecule is O=C(/C=C\c1ccc(Cl)c([N+](=O)[O-])c1)N[C@H]1CC(=O)N(c2ccccc2)C1. The number of hydrogen-bond donors (Lipinski definition) is 1. The summed E-state index contributed by atoms with van der Waals surface area (Å²) < 4.78 is 0. The van der Waals surface area contributed by atoms with Crippen molar-refractivity contribution in [2.24, 2.45) is 0 Å². The number of hydrogen-bond acceptors (Lipinski definition) is 4. The second-order valence-corrected chi connectivity index (χ2v) is 6.46. The molecule has 0 saturated carbocycles. The van der Waals surface area contributed by atoms with Crippen LogP contribution >= 0.6 is 11.6 Å². The first kappa shape index (κ1) is 18.6. The minimum absolute atomic E-state index is 0.0343. The van der Waals surface area contributed by atoms with Crippen LogP contribution in [0.2, 0.25) is 5.02 Å². The number of nitrogens with zero attached hydrogens (tertiary/aromatic N) is 2. The van der Waals surface area contributed by atoms with Gasteiger partial charge >= 0.3 is 0 Å². The molecule has 1 aliphatic rings. The highest BCUT2D eigenvalue weighted by molar-refractivity contribution is 6.32. The molecule has 1 N–H and O–H groups in total. The molecule has 138 valence electrons. The lowest BCUT2D eigenvalue weighted by Crippen LogP contribution is -2.36. The molecule has 2 aromatic rings. The Bertz CT molecular complexity index is 914. The van der Waals surface area contributed by atoms with E-state index in [1.165, 1.54) is 24.3 Å². The van der Waals surface area contributed by atoms with Crippen LogP contribution in [0.25, 0.3) is 6.08 Å². The highest BCUT2D eigenvalue weighted by Crippen LogP contribution is 2.25. The highest BCUT2D eigenvalue weighted by atomic mass is 35.5. The van der Waals surface area contributed by atoms with Crippen molar-refractivity contribution in [1.82, 2.24) is 5.32 Å². The summed E-state index contributed by atoms with van der Waals surface area (Å²) in [5.74, 6) is -0.427. The van der Waals surface area contributed by atoms with Crippen molar-refractivity contribution in [3.8, 4) is 0 Å². The Balaban J connectivity index is 1.61. The van der Waals surface area contributed by atoms with E-state index in [1.807, 2.05) is 30.3 Å². The third kappa shape index (κ3) is 4.51. The van der Waals surface area contributed by atoms with Gasteiger partial charge in [-0.1, -0.05) is 35.9 Å². The predicted molar refractivity (Wildman–Crippen MR) is 102 cm³/mol. The summed E-state index contributed by atoms with van der Waals surface area (Å²) in [5.41, 5.74) is 1.05. The molecule has 0 aliphatic carbocycles. The highest BCUT2D eigenvalue weighted by Gasteiger charge is 2.31. The average molecular weight is 386 g/mol. The number of nitro benzene ring substituents is 1. The molecule has 2 aromatic carbocycles. The first-order valence-corrected chi connectivity index (χ1v) is 8.60. The number of carbonyl (C=O) groups excluding carboxylic acids is 2. The van der Waals surface area contributed by atoms with Gasteiger partial charge in [-0.25, -0.2) is 0 Å². The molecule has 0 aromatic heterocycles. The summed E-state index contributed by atoms with van der Waals surface area (Å²) in [6.45, 7) is 0.398. The van der Waals surface area contributed by atoms with Crippen molar-refractivity contribution in [3.63, 3.8) is 0 Å². The van der Waals surface area contributed by atoms with Crippen LogP contribution in [-0.2, 0) is 9.59 Å². The van der Waals surface area contributed by atoms with E-state index in [4.69, 9.17) is 11.6 Å². The standard InChI is InChI=1S/C19H16ClN3O4/c20-16-8-6-13(10-17(16)23(26)27)7-9-18(24)21-14-11-19(25)22(12-14)15-4-2-1-3-5-15/h1-10,14H,11-12H2,(H,21,24)/b9-7-/t14-/m0/s1. The van der Waals surface area contributed by atoms with Crippen LogP contribution in [0, 0.1) is 10.1 Å². The molecule has 3 rings (SSSR count). The molecular formula is C19H16ClN3O4. The summed E-state index contributed by atoms with van der Waals surface area (Å²) in [6, 6.07) is 13.2. The Morgan fingerprint density at radius 1 is 1.26 bits per heavy atom. The lowest BCUT2D eigenvalue weighted by molar-refractivity contribution is -0.384. The van der Waals surface area contributed by atoms with E-state index in [2.05, 4.69) is 5.32 Å². The van der Waals surface area contributed by atoms with E-state index >= 15 is 0 Å². The van der Waals surface area contributed by atoms with Crippen LogP contribution in [0.15, 0.2) is 54.6 Å². The number of para-hydroxylation sites is 1. The minimum atomic E-state index is -0.581. The molecule has 1 fully saturated rings. The third-order valence-corrected chi connectivity index (χ3v) is 4.45. The molecule has 1 atom stereocenters. The number of amides is 2. The van der Waals surface area contributed by atoms with Gasteiger partial charge in [-0.2, -0.15) is 0 Å². The Morgan fingerprint density at radius 2 is 2.00 bits per heavy atom. The zero-order valence-corrected chi connectivity index (χ0v) is 14.9. The van der Waals surface area contributed by atoms with Crippen molar-refractivity contribution < 1.29 is 14.5 Å². The molecule has 2 amide bonds. The summed E-state index contributed by atoms with van der Waals surface area (Å²) in [6.07, 6.45) is 2.97. The molecule has 1 saturated heterocycles. The number of anilines is 1. The Morgan fingerprint density at radius 3 is 2.70 bits per heavy atom. The van der Waals surface area contributed by atoms with Gasteiger partial charge in [0.1, 0.15) is 5.02 Å². The molecule has 0 spiro atoms. The van der Waals surface area contributed by atoms with E-state index in [1.54, 1.807) is 11.0 Å². The predicted octanol–water partition coefficient (Wildman–Crippen LogP) is 3.18. The van der Waals surface area contributed by atoms with Crippen molar-refractivity contribution in [2.45, 2.75) is 12.5 Å². The van der Waals surface area contributed by atoms with E-state index in [-0.39, 0.29) is 35.0 Å². The fourth-order valence-electron chi connectivity index (χ4n) is 2.86. The molecule has 0 bridgehead atoms. The van der Waals surface area contributed by atoms with Crippen LogP contribution in [0.1, 0.15) is 12.0 Å². The number of carbonyl (C=O) groups is 2. The summed E-state index contributed by atoms with van der Waals surface area (Å²) in [7, 11) is 0. The number of nitrogens with one attached hydrogen (secondary N) is 1. The minimum Gasteiger partial charge on any atom is -0.347 e. The third-order valence-electron chi connectivity index (χ3n) is 4.13. The molecule has 0 unspecified atom stereocenters. The monoisotopic (exact) mass is 385 g/mol. The fourth-order valence-corrected chi connectivity index (χ4v) is 3.04. The second-order valence-electron chi connectivity index (χ2n) is 6.05. The molecular weight excluding hydrogens is 370 g/mol. The second kappa shape index (κ2) is 8.01. The lowest BCUT2D eigenvalue weighted by atomic mass is 10.2. The van der Waals surface area contributed by atoms with Crippen LogP contribution in [-0.4, -0.2) is 29.3 Å². The van der Waals surface area contributed by atoms with E-state index in [0.717, 1.165) is 5.69 Å². The number of rotatable bonds is 5. The van der Waals surface area contributed by atoms with Gasteiger partial charge in [0.05, 0.1) is 11.0 Å². The zero-order chi connectivity index (χ0) is 19.4. The Hall–Kier alpha value is -3.19. The van der Waals surface area contributed by atoms with Gasteiger partial charge in [0.2, 0.25) is 11.8 Å². The van der Waals surface area contributed by atoms with Gasteiger partial charge in [0.25, 0.3) is 5.69 Å². The topological polar surface area (TPSA) is 92.5 Å². The number of halogens is 1. The van der Waals surface area contributed by atoms with Crippen molar-refractivity contribution in [3.05, 3.63) is 75.3 Å². The molecule has 7 nitrogen and oxygen atoms in total. The van der Waals surface area contributed by atoms with Gasteiger partial charge in [-0.3, -0.25) is 19.7 Å². The molecule has 0 radical (unpaired) electrons. The number of benzene rings is 2. The largest absolute Gasteiger partial charge is 0.347 e. The van der Waals surface area contributed by atoms with E-state index < -0.39 is 4.92 Å². The molecule has 1 heterocycles. The summed E-state index contributed by atoms with van der Waals surface area (Å²) in [5, 5.41) is 13.7. The zero-order valence-electron chi connectivity index (χ0n) is 14.2. The Kier molecular flexibility index (Phi) is 5.52. The van der Waals surface area contributed by atoms with Crippen LogP contribution in [0.4, 0.5) is 11.4 Å². The first-order valence-electron chi connectivity index (χ1n) is 8.22. The van der Waals surface area contributed by atoms with Crippen molar-refractivity contribution >= 4 is 40.9 Å². The number of nitro groups is 1. The summed E-state index contributed by atoms with van der Waals surface area (Å²) in [4.78, 5) is 36.2. The van der Waals surface area contributed by atoms with Crippen molar-refractivity contribution in [2.75, 3.05) is 11.4 Å². The quantitative estimate of drug-likeness (QED) is 0.486. The molecule has 1 aliphatic heterocycles. The average Bonchev–Trinajstić information content (AvgIpc) is 3.01. The van der Waals surface area contributed by atoms with Gasteiger partial charge < -0.3 is 10.2 Å². The van der Waals surface area contributed by atoms with Crippen molar-refractivity contribution in [1.29, 1.82) is 0 Å². The molecule has 8 heteroatoms. The summed E-state index contributed by atoms with van der Waals surface area (Å²) >= 11 is 5.76. The smallest absolute Gasteiger partial charge is 0.288 e. The maximum absolute atomic E-state index is 12.2. The van der Waals surface area contributed by atoms with E-state index in [9.17, 15) is 19.7 Å². The maximum Gasteiger partial charge on any atom is 0.288 e. The van der Waals surface area contributed by atoms with Crippen LogP contribution < -0.4 is 10.2 Å². The maximum atomic E-state index is 12.2. The van der Waals surface area contributed by atoms with Gasteiger partial charge in [0.15, 0.2) is 0 Å². The van der Waals surface area contributed by atoms with Gasteiger partial charge in [0, 0.05) is 30.8 Å². The fraction of sp³-hybridized carbons (Fsp3) is 0.158. The normalized spacial score (nSPS) is 16.7. The lowest BCUT2D eigenvalue weighted by Gasteiger charge is -2.16. The van der Waals surface area contributed by atoms with Crippen LogP contribution in [0.5, 0.6) is 0 Å². The molecule has 27 heavy (non-hydrogen) atoms. The van der Waals surface area contributed by atoms with Gasteiger partial charge in [-0.05, 0) is 29.8 Å².